The van der Waals surface area contributed by atoms with E-state index in [2.05, 4.69) is 21.9 Å². The molecule has 3 fully saturated rings. The normalized spacial score (nSPS) is 27.9. The molecule has 3 heterocycles. The summed E-state index contributed by atoms with van der Waals surface area (Å²) < 4.78 is 63.5. The third kappa shape index (κ3) is 5.73. The van der Waals surface area contributed by atoms with E-state index in [9.17, 15) is 21.6 Å². The molecule has 2 aromatic carbocycles. The highest BCUT2D eigenvalue weighted by atomic mass is 32.2. The first-order valence-electron chi connectivity index (χ1n) is 12.7. The standard InChI is InChI=1S/C27H34F3N3O2S/c1-36(34,35)25-9-5-8-22(16-25)31-12-13-32(26(18-31)21-6-3-2-4-7-21)17-20-14-23-10-11-24(15-20)33(23)19-27(28,29)30/h2-9,16,20,23-24,26H,10-15,17-19H2,1H3/t20?,23?,24?,26-/m0/s1. The van der Waals surface area contributed by atoms with Crippen LogP contribution in [0.3, 0.4) is 0 Å². The number of piperazine rings is 1. The fourth-order valence-electron chi connectivity index (χ4n) is 6.51. The molecule has 0 radical (unpaired) electrons. The molecule has 3 saturated heterocycles. The van der Waals surface area contributed by atoms with Gasteiger partial charge in [-0.05, 0) is 55.4 Å². The van der Waals surface area contributed by atoms with E-state index in [1.807, 2.05) is 24.3 Å². The molecular weight excluding hydrogens is 487 g/mol. The SMILES string of the molecule is CS(=O)(=O)c1cccc(N2CCN(CC3CC4CCC(C3)N4CC(F)(F)F)[C@H](c3ccccc3)C2)c1. The van der Waals surface area contributed by atoms with Crippen molar-refractivity contribution in [1.82, 2.24) is 9.80 Å². The van der Waals surface area contributed by atoms with E-state index >= 15 is 0 Å². The summed E-state index contributed by atoms with van der Waals surface area (Å²) in [5.74, 6) is 0.387. The lowest BCUT2D eigenvalue weighted by molar-refractivity contribution is -0.157. The Kier molecular flexibility index (Phi) is 7.09. The Labute approximate surface area is 211 Å². The number of piperidine rings is 1. The van der Waals surface area contributed by atoms with Crippen LogP contribution in [0.4, 0.5) is 18.9 Å². The molecule has 0 N–H and O–H groups in total. The number of alkyl halides is 3. The summed E-state index contributed by atoms with van der Waals surface area (Å²) in [6.07, 6.45) is 0.462. The lowest BCUT2D eigenvalue weighted by Crippen LogP contribution is -2.52. The summed E-state index contributed by atoms with van der Waals surface area (Å²) in [6.45, 7) is 2.42. The number of halogens is 3. The molecule has 0 spiro atoms. The molecule has 196 valence electrons. The number of hydrogen-bond donors (Lipinski definition) is 0. The number of nitrogens with zero attached hydrogens (tertiary/aromatic N) is 3. The zero-order valence-corrected chi connectivity index (χ0v) is 21.4. The van der Waals surface area contributed by atoms with Gasteiger partial charge < -0.3 is 4.90 Å². The zero-order valence-electron chi connectivity index (χ0n) is 20.6. The summed E-state index contributed by atoms with van der Waals surface area (Å²) in [7, 11) is -3.29. The average molecular weight is 522 g/mol. The van der Waals surface area contributed by atoms with E-state index < -0.39 is 22.6 Å². The van der Waals surface area contributed by atoms with Gasteiger partial charge in [0.1, 0.15) is 0 Å². The predicted molar refractivity (Wildman–Crippen MR) is 135 cm³/mol. The number of hydrogen-bond acceptors (Lipinski definition) is 5. The van der Waals surface area contributed by atoms with Crippen LogP contribution < -0.4 is 4.90 Å². The van der Waals surface area contributed by atoms with Crippen LogP contribution in [0.25, 0.3) is 0 Å². The van der Waals surface area contributed by atoms with Gasteiger partial charge in [-0.1, -0.05) is 36.4 Å². The Hall–Kier alpha value is -2.10. The van der Waals surface area contributed by atoms with Gasteiger partial charge in [0.05, 0.1) is 17.5 Å². The molecule has 36 heavy (non-hydrogen) atoms. The molecule has 2 aromatic rings. The minimum absolute atomic E-state index is 0.0329. The second-order valence-corrected chi connectivity index (χ2v) is 12.7. The molecule has 5 nitrogen and oxygen atoms in total. The molecule has 2 unspecified atom stereocenters. The Morgan fingerprint density at radius 1 is 0.944 bits per heavy atom. The van der Waals surface area contributed by atoms with Crippen molar-refractivity contribution in [1.29, 1.82) is 0 Å². The van der Waals surface area contributed by atoms with Gasteiger partial charge in [0.15, 0.2) is 9.84 Å². The van der Waals surface area contributed by atoms with Gasteiger partial charge in [-0.3, -0.25) is 9.80 Å². The van der Waals surface area contributed by atoms with Crippen LogP contribution in [0.1, 0.15) is 37.3 Å². The van der Waals surface area contributed by atoms with Gasteiger partial charge in [-0.15, -0.1) is 0 Å². The van der Waals surface area contributed by atoms with Crippen molar-refractivity contribution in [3.8, 4) is 0 Å². The Morgan fingerprint density at radius 3 is 2.28 bits per heavy atom. The van der Waals surface area contributed by atoms with Crippen LogP contribution in [0, 0.1) is 5.92 Å². The van der Waals surface area contributed by atoms with Gasteiger partial charge >= 0.3 is 6.18 Å². The molecule has 0 aromatic heterocycles. The Morgan fingerprint density at radius 2 is 1.64 bits per heavy atom. The maximum atomic E-state index is 13.1. The molecule has 0 amide bonds. The van der Waals surface area contributed by atoms with Crippen molar-refractivity contribution in [3.05, 3.63) is 60.2 Å². The van der Waals surface area contributed by atoms with Crippen LogP contribution in [-0.4, -0.2) is 75.5 Å². The van der Waals surface area contributed by atoms with Gasteiger partial charge in [-0.2, -0.15) is 13.2 Å². The number of fused-ring (bicyclic) bond motifs is 2. The minimum atomic E-state index is -4.14. The first-order valence-corrected chi connectivity index (χ1v) is 14.6. The predicted octanol–water partition coefficient (Wildman–Crippen LogP) is 4.76. The number of anilines is 1. The molecule has 9 heteroatoms. The van der Waals surface area contributed by atoms with Gasteiger partial charge in [0.2, 0.25) is 0 Å². The van der Waals surface area contributed by atoms with Crippen LogP contribution >= 0.6 is 0 Å². The van der Waals surface area contributed by atoms with Crippen LogP contribution in [-0.2, 0) is 9.84 Å². The summed E-state index contributed by atoms with van der Waals surface area (Å²) in [5.41, 5.74) is 2.11. The van der Waals surface area contributed by atoms with Crippen molar-refractivity contribution in [3.63, 3.8) is 0 Å². The summed E-state index contributed by atoms with van der Waals surface area (Å²) in [6, 6.07) is 17.7. The third-order valence-electron chi connectivity index (χ3n) is 8.12. The topological polar surface area (TPSA) is 43.9 Å². The summed E-state index contributed by atoms with van der Waals surface area (Å²) in [4.78, 5) is 6.77. The van der Waals surface area contributed by atoms with Crippen molar-refractivity contribution in [2.75, 3.05) is 43.9 Å². The van der Waals surface area contributed by atoms with E-state index in [-0.39, 0.29) is 18.1 Å². The van der Waals surface area contributed by atoms with E-state index in [1.54, 1.807) is 23.1 Å². The molecule has 3 aliphatic rings. The van der Waals surface area contributed by atoms with E-state index in [1.165, 1.54) is 11.8 Å². The molecular formula is C27H34F3N3O2S. The van der Waals surface area contributed by atoms with Crippen LogP contribution in [0.5, 0.6) is 0 Å². The number of benzene rings is 2. The van der Waals surface area contributed by atoms with Gasteiger partial charge in [0, 0.05) is 50.2 Å². The maximum absolute atomic E-state index is 13.1. The molecule has 0 aliphatic carbocycles. The smallest absolute Gasteiger partial charge is 0.368 e. The summed E-state index contributed by atoms with van der Waals surface area (Å²) >= 11 is 0. The van der Waals surface area contributed by atoms with Crippen molar-refractivity contribution >= 4 is 15.5 Å². The van der Waals surface area contributed by atoms with Crippen molar-refractivity contribution in [2.24, 2.45) is 5.92 Å². The van der Waals surface area contributed by atoms with Crippen LogP contribution in [0.2, 0.25) is 0 Å². The zero-order chi connectivity index (χ0) is 25.5. The lowest BCUT2D eigenvalue weighted by Gasteiger charge is -2.46. The quantitative estimate of drug-likeness (QED) is 0.549. The average Bonchev–Trinajstić information content (AvgIpc) is 3.05. The van der Waals surface area contributed by atoms with Gasteiger partial charge in [0.25, 0.3) is 0 Å². The second kappa shape index (κ2) is 9.99. The highest BCUT2D eigenvalue weighted by Crippen LogP contribution is 2.41. The number of rotatable bonds is 6. The Bertz CT molecular complexity index is 1140. The van der Waals surface area contributed by atoms with E-state index in [4.69, 9.17) is 0 Å². The molecule has 0 saturated carbocycles. The number of sulfone groups is 1. The fraction of sp³-hybridized carbons (Fsp3) is 0.556. The largest absolute Gasteiger partial charge is 0.401 e. The molecule has 5 rings (SSSR count). The monoisotopic (exact) mass is 521 g/mol. The van der Waals surface area contributed by atoms with Crippen LogP contribution in [0.15, 0.2) is 59.5 Å². The fourth-order valence-corrected chi connectivity index (χ4v) is 7.17. The second-order valence-electron chi connectivity index (χ2n) is 10.6. The first-order chi connectivity index (χ1) is 17.1. The van der Waals surface area contributed by atoms with Crippen molar-refractivity contribution < 1.29 is 21.6 Å². The maximum Gasteiger partial charge on any atom is 0.401 e. The van der Waals surface area contributed by atoms with Crippen molar-refractivity contribution in [2.45, 2.75) is 54.9 Å². The van der Waals surface area contributed by atoms with E-state index in [0.29, 0.717) is 10.8 Å². The minimum Gasteiger partial charge on any atom is -0.368 e. The first kappa shape index (κ1) is 25.5. The summed E-state index contributed by atoms with van der Waals surface area (Å²) in [5, 5.41) is 0. The lowest BCUT2D eigenvalue weighted by atomic mass is 9.89. The Balaban J connectivity index is 1.32. The molecule has 3 aliphatic heterocycles. The van der Waals surface area contributed by atoms with Gasteiger partial charge in [-0.25, -0.2) is 8.42 Å². The molecule has 3 atom stereocenters. The van der Waals surface area contributed by atoms with E-state index in [0.717, 1.165) is 57.5 Å². The highest BCUT2D eigenvalue weighted by Gasteiger charge is 2.46. The third-order valence-corrected chi connectivity index (χ3v) is 9.23. The molecule has 2 bridgehead atoms. The highest BCUT2D eigenvalue weighted by molar-refractivity contribution is 7.90.